The van der Waals surface area contributed by atoms with Crippen LogP contribution < -0.4 is 10.2 Å². The Morgan fingerprint density at radius 3 is 2.81 bits per heavy atom. The van der Waals surface area contributed by atoms with E-state index in [1.807, 2.05) is 11.8 Å². The summed E-state index contributed by atoms with van der Waals surface area (Å²) in [6.45, 7) is 2.82. The Bertz CT molecular complexity index is 1130. The molecule has 2 aromatic carbocycles. The van der Waals surface area contributed by atoms with E-state index in [-0.39, 0.29) is 30.9 Å². The molecule has 32 heavy (non-hydrogen) atoms. The van der Waals surface area contributed by atoms with E-state index < -0.39 is 11.9 Å². The molecule has 0 aliphatic carbocycles. The molecule has 0 saturated carbocycles. The van der Waals surface area contributed by atoms with E-state index in [4.69, 9.17) is 5.11 Å². The van der Waals surface area contributed by atoms with Crippen LogP contribution in [0.2, 0.25) is 0 Å². The summed E-state index contributed by atoms with van der Waals surface area (Å²) in [6.07, 6.45) is -0.743. The highest BCUT2D eigenvalue weighted by atomic mass is 32.1. The molecule has 4 rings (SSSR count). The Labute approximate surface area is 187 Å². The van der Waals surface area contributed by atoms with Gasteiger partial charge in [0.05, 0.1) is 28.6 Å². The third-order valence-corrected chi connectivity index (χ3v) is 6.42. The van der Waals surface area contributed by atoms with Gasteiger partial charge in [0.15, 0.2) is 5.13 Å². The summed E-state index contributed by atoms with van der Waals surface area (Å²) in [7, 11) is 0. The lowest BCUT2D eigenvalue weighted by atomic mass is 10.1. The van der Waals surface area contributed by atoms with E-state index in [0.29, 0.717) is 46.2 Å². The quantitative estimate of drug-likeness (QED) is 0.542. The van der Waals surface area contributed by atoms with Crippen LogP contribution in [0.1, 0.15) is 12.5 Å². The van der Waals surface area contributed by atoms with Crippen molar-refractivity contribution in [2.75, 3.05) is 36.5 Å². The van der Waals surface area contributed by atoms with Crippen molar-refractivity contribution in [3.8, 4) is 0 Å². The number of thiazole rings is 1. The van der Waals surface area contributed by atoms with Gasteiger partial charge in [0.2, 0.25) is 0 Å². The number of halogens is 2. The van der Waals surface area contributed by atoms with Gasteiger partial charge in [0, 0.05) is 32.1 Å². The fraction of sp³-hybridized carbons (Fsp3) is 0.364. The number of hydrogen-bond acceptors (Lipinski definition) is 6. The van der Waals surface area contributed by atoms with Crippen LogP contribution in [-0.2, 0) is 6.42 Å². The van der Waals surface area contributed by atoms with Crippen molar-refractivity contribution >= 4 is 38.4 Å². The monoisotopic (exact) mass is 462 g/mol. The van der Waals surface area contributed by atoms with E-state index >= 15 is 0 Å². The first-order valence-electron chi connectivity index (χ1n) is 10.3. The topological polar surface area (TPSA) is 88.9 Å². The number of fused-ring (bicyclic) bond motifs is 1. The zero-order valence-corrected chi connectivity index (χ0v) is 18.3. The minimum Gasteiger partial charge on any atom is -0.394 e. The first-order valence-corrected chi connectivity index (χ1v) is 11.1. The molecule has 0 spiro atoms. The molecule has 2 heterocycles. The molecular formula is C22H24F2N4O3S. The van der Waals surface area contributed by atoms with Crippen LogP contribution >= 0.6 is 11.3 Å². The number of nitrogens with one attached hydrogen (secondary N) is 1. The molecular weight excluding hydrogens is 438 g/mol. The van der Waals surface area contributed by atoms with Gasteiger partial charge < -0.3 is 20.0 Å². The lowest BCUT2D eigenvalue weighted by molar-refractivity contribution is 0.0954. The van der Waals surface area contributed by atoms with Crippen LogP contribution in [0.25, 0.3) is 10.2 Å². The maximum atomic E-state index is 14.7. The lowest BCUT2D eigenvalue weighted by Crippen LogP contribution is -2.55. The number of carbonyl (C=O) groups excluding carboxylic acids is 1. The van der Waals surface area contributed by atoms with E-state index in [0.717, 1.165) is 0 Å². The Hall–Kier alpha value is -2.82. The standard InChI is InChI=1S/C22H24F2N4O3S/c1-13-11-27(19-5-2-14(9-17(19)24)8-16(30)12-29)6-7-28(13)22(31)26-21-25-18-4-3-15(23)10-20(18)32-21/h2-5,9-10,13,16,29-30H,6-8,11-12H2,1H3,(H,25,26,31). The summed E-state index contributed by atoms with van der Waals surface area (Å²) in [4.78, 5) is 20.7. The number of amides is 2. The fourth-order valence-corrected chi connectivity index (χ4v) is 4.74. The minimum atomic E-state index is -0.920. The summed E-state index contributed by atoms with van der Waals surface area (Å²) in [5.74, 6) is -0.756. The molecule has 170 valence electrons. The Balaban J connectivity index is 1.39. The summed E-state index contributed by atoms with van der Waals surface area (Å²) < 4.78 is 28.7. The van der Waals surface area contributed by atoms with E-state index in [2.05, 4.69) is 10.3 Å². The normalized spacial score (nSPS) is 17.6. The van der Waals surface area contributed by atoms with E-state index in [1.165, 1.54) is 29.5 Å². The SMILES string of the molecule is CC1CN(c2ccc(CC(O)CO)cc2F)CCN1C(=O)Nc1nc2ccc(F)cc2s1. The summed E-state index contributed by atoms with van der Waals surface area (Å²) in [6, 6.07) is 8.57. The first kappa shape index (κ1) is 22.4. The highest BCUT2D eigenvalue weighted by Crippen LogP contribution is 2.28. The van der Waals surface area contributed by atoms with Crippen LogP contribution in [0.5, 0.6) is 0 Å². The highest BCUT2D eigenvalue weighted by molar-refractivity contribution is 7.22. The molecule has 1 aliphatic heterocycles. The zero-order chi connectivity index (χ0) is 22.8. The molecule has 2 amide bonds. The molecule has 7 nitrogen and oxygen atoms in total. The van der Waals surface area contributed by atoms with Gasteiger partial charge in [-0.05, 0) is 42.8 Å². The number of aliphatic hydroxyl groups excluding tert-OH is 2. The Morgan fingerprint density at radius 1 is 1.28 bits per heavy atom. The molecule has 1 saturated heterocycles. The second kappa shape index (κ2) is 9.35. The fourth-order valence-electron chi connectivity index (χ4n) is 3.86. The van der Waals surface area contributed by atoms with Gasteiger partial charge in [-0.3, -0.25) is 5.32 Å². The molecule has 1 aromatic heterocycles. The van der Waals surface area contributed by atoms with Crippen molar-refractivity contribution in [1.82, 2.24) is 9.88 Å². The predicted molar refractivity (Wildman–Crippen MR) is 120 cm³/mol. The number of urea groups is 1. The van der Waals surface area contributed by atoms with Crippen molar-refractivity contribution < 1.29 is 23.8 Å². The van der Waals surface area contributed by atoms with Crippen LogP contribution in [0, 0.1) is 11.6 Å². The van der Waals surface area contributed by atoms with Gasteiger partial charge in [-0.25, -0.2) is 18.6 Å². The Morgan fingerprint density at radius 2 is 2.09 bits per heavy atom. The number of anilines is 2. The molecule has 3 aromatic rings. The third-order valence-electron chi connectivity index (χ3n) is 5.49. The van der Waals surface area contributed by atoms with Crippen LogP contribution in [0.3, 0.4) is 0 Å². The molecule has 2 atom stereocenters. The second-order valence-electron chi connectivity index (χ2n) is 7.88. The van der Waals surface area contributed by atoms with Gasteiger partial charge in [-0.15, -0.1) is 0 Å². The number of nitrogens with zero attached hydrogens (tertiary/aromatic N) is 3. The zero-order valence-electron chi connectivity index (χ0n) is 17.5. The second-order valence-corrected chi connectivity index (χ2v) is 8.91. The van der Waals surface area contributed by atoms with Gasteiger partial charge in [-0.2, -0.15) is 0 Å². The van der Waals surface area contributed by atoms with Crippen molar-refractivity contribution in [2.45, 2.75) is 25.5 Å². The Kier molecular flexibility index (Phi) is 6.54. The number of hydrogen-bond donors (Lipinski definition) is 3. The van der Waals surface area contributed by atoms with Crippen molar-refractivity contribution in [1.29, 1.82) is 0 Å². The number of carbonyl (C=O) groups is 1. The smallest absolute Gasteiger partial charge is 0.324 e. The average Bonchev–Trinajstić information content (AvgIpc) is 3.14. The number of rotatable bonds is 5. The van der Waals surface area contributed by atoms with Crippen molar-refractivity contribution in [3.63, 3.8) is 0 Å². The van der Waals surface area contributed by atoms with Gasteiger partial charge in [0.25, 0.3) is 0 Å². The summed E-state index contributed by atoms with van der Waals surface area (Å²) in [5.41, 5.74) is 1.66. The number of aromatic nitrogens is 1. The molecule has 0 radical (unpaired) electrons. The summed E-state index contributed by atoms with van der Waals surface area (Å²) >= 11 is 1.21. The maximum absolute atomic E-state index is 14.7. The van der Waals surface area contributed by atoms with E-state index in [1.54, 1.807) is 23.1 Å². The van der Waals surface area contributed by atoms with E-state index in [9.17, 15) is 18.7 Å². The molecule has 2 unspecified atom stereocenters. The average molecular weight is 463 g/mol. The minimum absolute atomic E-state index is 0.175. The lowest BCUT2D eigenvalue weighted by Gasteiger charge is -2.40. The largest absolute Gasteiger partial charge is 0.394 e. The number of aliphatic hydroxyl groups is 2. The van der Waals surface area contributed by atoms with Crippen LogP contribution in [-0.4, -0.2) is 64.5 Å². The first-order chi connectivity index (χ1) is 15.3. The van der Waals surface area contributed by atoms with Crippen LogP contribution in [0.4, 0.5) is 24.4 Å². The van der Waals surface area contributed by atoms with Gasteiger partial charge in [0.1, 0.15) is 11.6 Å². The number of benzene rings is 2. The van der Waals surface area contributed by atoms with Crippen LogP contribution in [0.15, 0.2) is 36.4 Å². The molecule has 1 fully saturated rings. The summed E-state index contributed by atoms with van der Waals surface area (Å²) in [5, 5.41) is 21.7. The molecule has 10 heteroatoms. The van der Waals surface area contributed by atoms with Crippen molar-refractivity contribution in [3.05, 3.63) is 53.6 Å². The number of piperazine rings is 1. The molecule has 1 aliphatic rings. The van der Waals surface area contributed by atoms with Gasteiger partial charge in [-0.1, -0.05) is 17.4 Å². The molecule has 0 bridgehead atoms. The maximum Gasteiger partial charge on any atom is 0.324 e. The highest BCUT2D eigenvalue weighted by Gasteiger charge is 2.29. The molecule has 3 N–H and O–H groups in total. The predicted octanol–water partition coefficient (Wildman–Crippen LogP) is 3.21. The van der Waals surface area contributed by atoms with Crippen molar-refractivity contribution in [2.24, 2.45) is 0 Å². The third kappa shape index (κ3) is 4.82. The van der Waals surface area contributed by atoms with Gasteiger partial charge >= 0.3 is 6.03 Å².